The number of ketones is 1. The Hall–Kier alpha value is -3.54. The molecule has 30 heavy (non-hydrogen) atoms. The molecule has 1 fully saturated rings. The first kappa shape index (κ1) is 19.8. The molecular formula is C24H24N4O2. The van der Waals surface area contributed by atoms with Crippen molar-refractivity contribution < 1.29 is 9.59 Å². The van der Waals surface area contributed by atoms with Gasteiger partial charge in [0.15, 0.2) is 5.78 Å². The third-order valence-electron chi connectivity index (χ3n) is 5.73. The second kappa shape index (κ2) is 8.45. The van der Waals surface area contributed by atoms with Gasteiger partial charge in [-0.2, -0.15) is 0 Å². The fourth-order valence-corrected chi connectivity index (χ4v) is 4.02. The molecule has 6 heteroatoms. The monoisotopic (exact) mass is 400 g/mol. The molecule has 0 unspecified atom stereocenters. The zero-order chi connectivity index (χ0) is 21.1. The number of hydrogen-bond donors (Lipinski definition) is 2. The highest BCUT2D eigenvalue weighted by Crippen LogP contribution is 2.29. The maximum absolute atomic E-state index is 12.9. The van der Waals surface area contributed by atoms with Gasteiger partial charge >= 0.3 is 0 Å². The van der Waals surface area contributed by atoms with Crippen LogP contribution in [0, 0.1) is 5.41 Å². The first-order valence-corrected chi connectivity index (χ1v) is 10.1. The molecule has 0 bridgehead atoms. The summed E-state index contributed by atoms with van der Waals surface area (Å²) < 4.78 is 0. The molecule has 2 heterocycles. The number of benzene rings is 2. The minimum Gasteiger partial charge on any atom is -0.384 e. The molecule has 152 valence electrons. The molecule has 4 rings (SSSR count). The molecule has 3 N–H and O–H groups in total. The summed E-state index contributed by atoms with van der Waals surface area (Å²) in [4.78, 5) is 31.0. The molecule has 0 aromatic heterocycles. The number of carbonyl (C=O) groups is 2. The van der Waals surface area contributed by atoms with Crippen LogP contribution in [0.15, 0.2) is 65.8 Å². The van der Waals surface area contributed by atoms with Gasteiger partial charge in [0.25, 0.3) is 5.91 Å². The van der Waals surface area contributed by atoms with Crippen LogP contribution in [-0.4, -0.2) is 41.2 Å². The molecule has 0 saturated carbocycles. The van der Waals surface area contributed by atoms with E-state index in [-0.39, 0.29) is 17.5 Å². The number of amides is 1. The normalized spacial score (nSPS) is 17.0. The predicted octanol–water partition coefficient (Wildman–Crippen LogP) is 3.27. The third-order valence-corrected chi connectivity index (χ3v) is 5.73. The van der Waals surface area contributed by atoms with Gasteiger partial charge in [0.05, 0.1) is 0 Å². The van der Waals surface area contributed by atoms with E-state index in [1.54, 1.807) is 36.5 Å². The summed E-state index contributed by atoms with van der Waals surface area (Å²) in [5.41, 5.74) is 9.33. The van der Waals surface area contributed by atoms with E-state index in [1.807, 2.05) is 23.1 Å². The molecule has 0 atom stereocenters. The van der Waals surface area contributed by atoms with Gasteiger partial charge in [-0.25, -0.2) is 0 Å². The highest BCUT2D eigenvalue weighted by atomic mass is 16.2. The second-order valence-corrected chi connectivity index (χ2v) is 7.67. The van der Waals surface area contributed by atoms with Crippen LogP contribution in [-0.2, 0) is 4.79 Å². The van der Waals surface area contributed by atoms with Crippen LogP contribution in [0.4, 0.5) is 0 Å². The number of nitrogens with two attached hydrogens (primary N) is 1. The largest absolute Gasteiger partial charge is 0.384 e. The average Bonchev–Trinajstić information content (AvgIpc) is 2.79. The lowest BCUT2D eigenvalue weighted by Gasteiger charge is -2.32. The lowest BCUT2D eigenvalue weighted by atomic mass is 9.88. The van der Waals surface area contributed by atoms with E-state index < -0.39 is 0 Å². The number of nitrogen functional groups attached to an aromatic ring is 1. The fourth-order valence-electron chi connectivity index (χ4n) is 4.02. The van der Waals surface area contributed by atoms with E-state index in [2.05, 4.69) is 11.1 Å². The summed E-state index contributed by atoms with van der Waals surface area (Å²) in [6.45, 7) is 1.37. The number of nitrogens with zero attached hydrogens (tertiary/aromatic N) is 2. The molecule has 2 aliphatic rings. The minimum atomic E-state index is -0.00695. The van der Waals surface area contributed by atoms with Crippen LogP contribution < -0.4 is 5.73 Å². The summed E-state index contributed by atoms with van der Waals surface area (Å²) in [5.74, 6) is 0.436. The first-order valence-electron chi connectivity index (χ1n) is 10.1. The number of nitrogens with one attached hydrogen (secondary N) is 1. The second-order valence-electron chi connectivity index (χ2n) is 7.67. The SMILES string of the molecule is N=C(N)c1cccc(C2CCN(C(=O)c3ccc(C4=NC=CCC4=O)cc3)CC2)c1. The van der Waals surface area contributed by atoms with Crippen LogP contribution in [0.25, 0.3) is 0 Å². The van der Waals surface area contributed by atoms with Gasteiger partial charge in [0.1, 0.15) is 11.5 Å². The van der Waals surface area contributed by atoms with Gasteiger partial charge in [-0.05, 0) is 42.5 Å². The molecular weight excluding hydrogens is 376 g/mol. The van der Waals surface area contributed by atoms with Crippen LogP contribution >= 0.6 is 0 Å². The summed E-state index contributed by atoms with van der Waals surface area (Å²) in [6, 6.07) is 15.0. The smallest absolute Gasteiger partial charge is 0.253 e. The van der Waals surface area contributed by atoms with E-state index in [1.165, 1.54) is 5.56 Å². The zero-order valence-electron chi connectivity index (χ0n) is 16.7. The molecule has 1 amide bonds. The minimum absolute atomic E-state index is 0.00695. The first-order chi connectivity index (χ1) is 14.5. The highest BCUT2D eigenvalue weighted by Gasteiger charge is 2.25. The average molecular weight is 400 g/mol. The molecule has 2 aromatic carbocycles. The van der Waals surface area contributed by atoms with Crippen molar-refractivity contribution in [2.24, 2.45) is 10.7 Å². The Kier molecular flexibility index (Phi) is 5.57. The number of amidine groups is 1. The van der Waals surface area contributed by atoms with Crippen molar-refractivity contribution in [1.82, 2.24) is 4.90 Å². The lowest BCUT2D eigenvalue weighted by Crippen LogP contribution is -2.38. The van der Waals surface area contributed by atoms with Crippen molar-refractivity contribution in [2.45, 2.75) is 25.2 Å². The number of allylic oxidation sites excluding steroid dienone is 1. The molecule has 0 spiro atoms. The van der Waals surface area contributed by atoms with Gasteiger partial charge in [-0.1, -0.05) is 36.4 Å². The topological polar surface area (TPSA) is 99.6 Å². The van der Waals surface area contributed by atoms with Crippen molar-refractivity contribution in [1.29, 1.82) is 5.41 Å². The fraction of sp³-hybridized carbons (Fsp3) is 0.250. The summed E-state index contributed by atoms with van der Waals surface area (Å²) >= 11 is 0. The Balaban J connectivity index is 1.40. The summed E-state index contributed by atoms with van der Waals surface area (Å²) in [6.07, 6.45) is 5.51. The van der Waals surface area contributed by atoms with Crippen LogP contribution in [0.1, 0.15) is 52.2 Å². The van der Waals surface area contributed by atoms with Crippen molar-refractivity contribution in [3.05, 3.63) is 83.1 Å². The van der Waals surface area contributed by atoms with Crippen molar-refractivity contribution in [3.63, 3.8) is 0 Å². The molecule has 0 radical (unpaired) electrons. The van der Waals surface area contributed by atoms with Gasteiger partial charge in [0.2, 0.25) is 0 Å². The quantitative estimate of drug-likeness (QED) is 0.608. The maximum Gasteiger partial charge on any atom is 0.253 e. The maximum atomic E-state index is 12.9. The molecule has 6 nitrogen and oxygen atoms in total. The predicted molar refractivity (Wildman–Crippen MR) is 117 cm³/mol. The molecule has 2 aliphatic heterocycles. The molecule has 0 aliphatic carbocycles. The van der Waals surface area contributed by atoms with Crippen LogP contribution in [0.2, 0.25) is 0 Å². The number of carbonyl (C=O) groups excluding carboxylic acids is 2. The molecule has 1 saturated heterocycles. The van der Waals surface area contributed by atoms with E-state index in [9.17, 15) is 9.59 Å². The van der Waals surface area contributed by atoms with Crippen molar-refractivity contribution in [3.8, 4) is 0 Å². The number of piperidine rings is 1. The Bertz CT molecular complexity index is 1050. The van der Waals surface area contributed by atoms with E-state index in [4.69, 9.17) is 11.1 Å². The number of rotatable bonds is 4. The number of likely N-dealkylation sites (tertiary alicyclic amines) is 1. The number of aliphatic imine (C=N–C) groups is 1. The van der Waals surface area contributed by atoms with Crippen molar-refractivity contribution in [2.75, 3.05) is 13.1 Å². The number of hydrogen-bond acceptors (Lipinski definition) is 4. The lowest BCUT2D eigenvalue weighted by molar-refractivity contribution is -0.112. The Labute approximate surface area is 175 Å². The van der Waals surface area contributed by atoms with Crippen LogP contribution in [0.5, 0.6) is 0 Å². The van der Waals surface area contributed by atoms with Gasteiger partial charge in [0, 0.05) is 42.4 Å². The van der Waals surface area contributed by atoms with Crippen molar-refractivity contribution >= 4 is 23.2 Å². The van der Waals surface area contributed by atoms with Gasteiger partial charge in [-0.3, -0.25) is 20.0 Å². The number of Topliss-reactive ketones (excluding diaryl/α,β-unsaturated/α-hetero) is 1. The van der Waals surface area contributed by atoms with Crippen LogP contribution in [0.3, 0.4) is 0 Å². The van der Waals surface area contributed by atoms with Gasteiger partial charge < -0.3 is 10.6 Å². The van der Waals surface area contributed by atoms with E-state index in [0.717, 1.165) is 24.0 Å². The highest BCUT2D eigenvalue weighted by molar-refractivity contribution is 6.47. The molecule has 2 aromatic rings. The van der Waals surface area contributed by atoms with Gasteiger partial charge in [-0.15, -0.1) is 0 Å². The Morgan fingerprint density at radius 1 is 1.07 bits per heavy atom. The summed E-state index contributed by atoms with van der Waals surface area (Å²) in [5, 5.41) is 7.62. The van der Waals surface area contributed by atoms with E-state index >= 15 is 0 Å². The van der Waals surface area contributed by atoms with E-state index in [0.29, 0.717) is 36.7 Å². The Morgan fingerprint density at radius 3 is 2.47 bits per heavy atom. The zero-order valence-corrected chi connectivity index (χ0v) is 16.7. The standard InChI is InChI=1S/C24H24N4O2/c25-23(26)20-4-1-3-19(15-20)16-10-13-28(14-11-16)24(30)18-8-6-17(7-9-18)22-21(29)5-2-12-27-22/h1-4,6-9,12,15-16H,5,10-11,13-14H2,(H3,25,26). The Morgan fingerprint density at radius 2 is 1.80 bits per heavy atom. The summed E-state index contributed by atoms with van der Waals surface area (Å²) in [7, 11) is 0. The third kappa shape index (κ3) is 4.08.